The van der Waals surface area contributed by atoms with E-state index >= 15 is 0 Å². The minimum Gasteiger partial charge on any atom is -0.465 e. The molecule has 0 aliphatic heterocycles. The van der Waals surface area contributed by atoms with Gasteiger partial charge in [-0.05, 0) is 28.7 Å². The second-order valence-corrected chi connectivity index (χ2v) is 3.62. The molecule has 0 fully saturated rings. The first-order chi connectivity index (χ1) is 6.97. The normalized spacial score (nSPS) is 10.5. The summed E-state index contributed by atoms with van der Waals surface area (Å²) in [5, 5.41) is 0. The molecule has 1 rings (SSSR count). The van der Waals surface area contributed by atoms with Crippen LogP contribution in [0.15, 0.2) is 6.07 Å². The number of carbonyl (C=O) groups is 1. The standard InChI is InChI=1S/C8H7F2IN2O2/c1-15-8(14)4-2-3(5(9)10)7(12)13-6(4)11/h2,5H,1H3,(H2,12,13). The van der Waals surface area contributed by atoms with Crippen LogP contribution in [0.4, 0.5) is 14.6 Å². The van der Waals surface area contributed by atoms with Crippen molar-refractivity contribution in [2.45, 2.75) is 6.43 Å². The third-order valence-electron chi connectivity index (χ3n) is 1.68. The van der Waals surface area contributed by atoms with E-state index in [-0.39, 0.29) is 15.1 Å². The lowest BCUT2D eigenvalue weighted by molar-refractivity contribution is 0.0598. The first kappa shape index (κ1) is 12.1. The highest BCUT2D eigenvalue weighted by Gasteiger charge is 2.19. The fourth-order valence-electron chi connectivity index (χ4n) is 0.947. The summed E-state index contributed by atoms with van der Waals surface area (Å²) in [6.45, 7) is 0. The van der Waals surface area contributed by atoms with Crippen LogP contribution in [0.3, 0.4) is 0 Å². The van der Waals surface area contributed by atoms with Gasteiger partial charge in [-0.3, -0.25) is 0 Å². The zero-order valence-corrected chi connectivity index (χ0v) is 9.79. The van der Waals surface area contributed by atoms with Gasteiger partial charge in [-0.25, -0.2) is 18.6 Å². The molecule has 0 saturated heterocycles. The van der Waals surface area contributed by atoms with Crippen LogP contribution in [0.25, 0.3) is 0 Å². The number of esters is 1. The second kappa shape index (κ2) is 4.69. The van der Waals surface area contributed by atoms with Crippen molar-refractivity contribution < 1.29 is 18.3 Å². The molecule has 1 aromatic heterocycles. The van der Waals surface area contributed by atoms with Crippen molar-refractivity contribution in [3.63, 3.8) is 0 Å². The van der Waals surface area contributed by atoms with E-state index in [9.17, 15) is 13.6 Å². The van der Waals surface area contributed by atoms with Crippen molar-refractivity contribution in [2.75, 3.05) is 12.8 Å². The van der Waals surface area contributed by atoms with E-state index in [1.54, 1.807) is 22.6 Å². The molecule has 0 radical (unpaired) electrons. The molecule has 0 unspecified atom stereocenters. The van der Waals surface area contributed by atoms with Gasteiger partial charge in [0.15, 0.2) is 0 Å². The first-order valence-corrected chi connectivity index (χ1v) is 4.87. The van der Waals surface area contributed by atoms with E-state index in [2.05, 4.69) is 9.72 Å². The fraction of sp³-hybridized carbons (Fsp3) is 0.250. The Hall–Kier alpha value is -0.990. The highest BCUT2D eigenvalue weighted by Crippen LogP contribution is 2.26. The molecule has 0 spiro atoms. The molecule has 0 bridgehead atoms. The van der Waals surface area contributed by atoms with Crippen LogP contribution in [0, 0.1) is 3.70 Å². The molecule has 0 saturated carbocycles. The van der Waals surface area contributed by atoms with Crippen LogP contribution in [-0.2, 0) is 4.74 Å². The van der Waals surface area contributed by atoms with Crippen LogP contribution in [0.2, 0.25) is 0 Å². The maximum Gasteiger partial charge on any atom is 0.340 e. The maximum absolute atomic E-state index is 12.4. The van der Waals surface area contributed by atoms with Crippen molar-refractivity contribution in [1.29, 1.82) is 0 Å². The van der Waals surface area contributed by atoms with Crippen molar-refractivity contribution in [1.82, 2.24) is 4.98 Å². The zero-order chi connectivity index (χ0) is 11.6. The van der Waals surface area contributed by atoms with Gasteiger partial charge < -0.3 is 10.5 Å². The van der Waals surface area contributed by atoms with Crippen LogP contribution >= 0.6 is 22.6 Å². The minimum absolute atomic E-state index is 0.0115. The monoisotopic (exact) mass is 328 g/mol. The second-order valence-electron chi connectivity index (χ2n) is 2.59. The predicted molar refractivity (Wildman–Crippen MR) is 57.7 cm³/mol. The van der Waals surface area contributed by atoms with E-state index in [0.717, 1.165) is 13.2 Å². The number of nitrogens with zero attached hydrogens (tertiary/aromatic N) is 1. The summed E-state index contributed by atoms with van der Waals surface area (Å²) < 4.78 is 29.5. The van der Waals surface area contributed by atoms with Gasteiger partial charge in [0.1, 0.15) is 9.52 Å². The molecule has 0 aliphatic rings. The molecule has 15 heavy (non-hydrogen) atoms. The zero-order valence-electron chi connectivity index (χ0n) is 7.63. The van der Waals surface area contributed by atoms with Crippen molar-refractivity contribution in [3.8, 4) is 0 Å². The summed E-state index contributed by atoms with van der Waals surface area (Å²) in [5.41, 5.74) is 4.81. The van der Waals surface area contributed by atoms with E-state index in [1.165, 1.54) is 0 Å². The highest BCUT2D eigenvalue weighted by atomic mass is 127. The summed E-state index contributed by atoms with van der Waals surface area (Å²) >= 11 is 1.73. The number of hydrogen-bond acceptors (Lipinski definition) is 4. The number of pyridine rings is 1. The lowest BCUT2D eigenvalue weighted by atomic mass is 10.2. The van der Waals surface area contributed by atoms with E-state index in [4.69, 9.17) is 5.73 Å². The molecule has 0 atom stereocenters. The van der Waals surface area contributed by atoms with Gasteiger partial charge >= 0.3 is 5.97 Å². The number of anilines is 1. The molecule has 0 aromatic carbocycles. The van der Waals surface area contributed by atoms with E-state index in [0.29, 0.717) is 0 Å². The molecule has 1 aromatic rings. The number of methoxy groups -OCH3 is 1. The van der Waals surface area contributed by atoms with Gasteiger partial charge in [-0.1, -0.05) is 0 Å². The number of aromatic nitrogens is 1. The molecule has 1 heterocycles. The average Bonchev–Trinajstić information content (AvgIpc) is 2.16. The van der Waals surface area contributed by atoms with Gasteiger partial charge in [0.2, 0.25) is 0 Å². The Bertz CT molecular complexity index is 398. The Balaban J connectivity index is 3.29. The summed E-state index contributed by atoms with van der Waals surface area (Å²) in [6, 6.07) is 1.00. The summed E-state index contributed by atoms with van der Waals surface area (Å²) in [6.07, 6.45) is -2.77. The third kappa shape index (κ3) is 2.52. The summed E-state index contributed by atoms with van der Waals surface area (Å²) in [7, 11) is 1.16. The fourth-order valence-corrected chi connectivity index (χ4v) is 1.58. The van der Waals surface area contributed by atoms with Gasteiger partial charge in [-0.2, -0.15) is 0 Å². The van der Waals surface area contributed by atoms with Crippen molar-refractivity contribution in [3.05, 3.63) is 20.9 Å². The van der Waals surface area contributed by atoms with Crippen LogP contribution < -0.4 is 5.73 Å². The smallest absolute Gasteiger partial charge is 0.340 e. The number of hydrogen-bond donors (Lipinski definition) is 1. The van der Waals surface area contributed by atoms with Gasteiger partial charge in [0.25, 0.3) is 6.43 Å². The lowest BCUT2D eigenvalue weighted by Gasteiger charge is -2.07. The number of carbonyl (C=O) groups excluding carboxylic acids is 1. The minimum atomic E-state index is -2.77. The molecular formula is C8H7F2IN2O2. The van der Waals surface area contributed by atoms with Crippen LogP contribution in [0.5, 0.6) is 0 Å². The van der Waals surface area contributed by atoms with Gasteiger partial charge in [0.05, 0.1) is 18.2 Å². The Morgan fingerprint density at radius 3 is 2.73 bits per heavy atom. The number of nitrogen functional groups attached to an aromatic ring is 1. The molecule has 4 nitrogen and oxygen atoms in total. The highest BCUT2D eigenvalue weighted by molar-refractivity contribution is 14.1. The Kier molecular flexibility index (Phi) is 3.77. The van der Waals surface area contributed by atoms with Gasteiger partial charge in [-0.15, -0.1) is 0 Å². The molecule has 2 N–H and O–H groups in total. The molecule has 7 heteroatoms. The quantitative estimate of drug-likeness (QED) is 0.512. The number of rotatable bonds is 2. The molecular weight excluding hydrogens is 321 g/mol. The first-order valence-electron chi connectivity index (χ1n) is 3.79. The molecule has 0 amide bonds. The average molecular weight is 328 g/mol. The SMILES string of the molecule is COC(=O)c1cc(C(F)F)c(N)nc1I. The number of halogens is 3. The Morgan fingerprint density at radius 2 is 2.27 bits per heavy atom. The van der Waals surface area contributed by atoms with Crippen molar-refractivity contribution in [2.24, 2.45) is 0 Å². The van der Waals surface area contributed by atoms with Crippen molar-refractivity contribution >= 4 is 34.4 Å². The predicted octanol–water partition coefficient (Wildman–Crippen LogP) is 1.99. The van der Waals surface area contributed by atoms with Crippen LogP contribution in [-0.4, -0.2) is 18.1 Å². The van der Waals surface area contributed by atoms with Crippen LogP contribution in [0.1, 0.15) is 22.3 Å². The number of nitrogens with two attached hydrogens (primary N) is 1. The van der Waals surface area contributed by atoms with E-state index < -0.39 is 18.0 Å². The Morgan fingerprint density at radius 1 is 1.67 bits per heavy atom. The number of alkyl halides is 2. The third-order valence-corrected chi connectivity index (χ3v) is 2.50. The Labute approximate surface area is 98.0 Å². The largest absolute Gasteiger partial charge is 0.465 e. The van der Waals surface area contributed by atoms with E-state index in [1.807, 2.05) is 0 Å². The number of ether oxygens (including phenoxy) is 1. The van der Waals surface area contributed by atoms with Gasteiger partial charge in [0, 0.05) is 0 Å². The lowest BCUT2D eigenvalue weighted by Crippen LogP contribution is -2.09. The summed E-state index contributed by atoms with van der Waals surface area (Å²) in [4.78, 5) is 14.8. The molecule has 82 valence electrons. The maximum atomic E-state index is 12.4. The summed E-state index contributed by atoms with van der Waals surface area (Å²) in [5.74, 6) is -0.990. The molecule has 0 aliphatic carbocycles. The topological polar surface area (TPSA) is 65.2 Å².